The van der Waals surface area contributed by atoms with Crippen molar-refractivity contribution in [3.63, 3.8) is 0 Å². The largest absolute Gasteiger partial charge is 0.456 e. The van der Waals surface area contributed by atoms with E-state index in [-0.39, 0.29) is 10.7 Å². The fourth-order valence-corrected chi connectivity index (χ4v) is 2.69. The smallest absolute Gasteiger partial charge is 0.300 e. The molecule has 7 nitrogen and oxygen atoms in total. The van der Waals surface area contributed by atoms with Crippen LogP contribution in [0.5, 0.6) is 0 Å². The minimum absolute atomic E-state index is 0.0215. The van der Waals surface area contributed by atoms with E-state index in [1.807, 2.05) is 11.6 Å². The summed E-state index contributed by atoms with van der Waals surface area (Å²) in [4.78, 5) is 11.8. The molecular weight excluding hydrogens is 282 g/mol. The molecule has 0 saturated carbocycles. The second kappa shape index (κ2) is 5.12. The Morgan fingerprint density at radius 3 is 2.70 bits per heavy atom. The summed E-state index contributed by atoms with van der Waals surface area (Å²) in [7, 11) is -2.35. The van der Waals surface area contributed by atoms with Crippen molar-refractivity contribution in [3.05, 3.63) is 35.5 Å². The van der Waals surface area contributed by atoms with Crippen molar-refractivity contribution in [2.24, 2.45) is 7.05 Å². The number of hydrogen-bond acceptors (Lipinski definition) is 5. The van der Waals surface area contributed by atoms with Gasteiger partial charge in [-0.3, -0.25) is 9.48 Å². The second-order valence-electron chi connectivity index (χ2n) is 4.35. The third-order valence-electron chi connectivity index (χ3n) is 2.78. The van der Waals surface area contributed by atoms with Gasteiger partial charge in [0.05, 0.1) is 6.20 Å². The van der Waals surface area contributed by atoms with Crippen molar-refractivity contribution in [1.82, 2.24) is 14.5 Å². The summed E-state index contributed by atoms with van der Waals surface area (Å²) in [6, 6.07) is 1.52. The normalized spacial score (nSPS) is 11.6. The van der Waals surface area contributed by atoms with Crippen LogP contribution in [0.15, 0.2) is 27.8 Å². The summed E-state index contributed by atoms with van der Waals surface area (Å²) in [6.45, 7) is 3.69. The summed E-state index contributed by atoms with van der Waals surface area (Å²) in [5.41, 5.74) is 0.816. The molecular formula is C12H15N3O4S. The number of amides is 1. The van der Waals surface area contributed by atoms with Crippen LogP contribution in [0.25, 0.3) is 0 Å². The average Bonchev–Trinajstić information content (AvgIpc) is 2.95. The number of nitrogens with zero attached hydrogens (tertiary/aromatic N) is 2. The van der Waals surface area contributed by atoms with E-state index in [9.17, 15) is 13.2 Å². The zero-order valence-electron chi connectivity index (χ0n) is 11.4. The lowest BCUT2D eigenvalue weighted by molar-refractivity contribution is 0.0953. The molecule has 0 radical (unpaired) electrons. The predicted molar refractivity (Wildman–Crippen MR) is 70.7 cm³/mol. The van der Waals surface area contributed by atoms with Crippen molar-refractivity contribution < 1.29 is 17.6 Å². The van der Waals surface area contributed by atoms with Crippen LogP contribution in [0.4, 0.5) is 0 Å². The molecule has 2 rings (SSSR count). The maximum Gasteiger partial charge on any atom is 0.300 e. The molecule has 2 aromatic heterocycles. The maximum atomic E-state index is 12.0. The lowest BCUT2D eigenvalue weighted by Crippen LogP contribution is -2.30. The number of aryl methyl sites for hydroxylation is 3. The van der Waals surface area contributed by atoms with Gasteiger partial charge in [0.1, 0.15) is 10.7 Å². The van der Waals surface area contributed by atoms with Gasteiger partial charge in [-0.25, -0.2) is 13.1 Å². The molecule has 0 unspecified atom stereocenters. The van der Waals surface area contributed by atoms with Gasteiger partial charge >= 0.3 is 5.91 Å². The van der Waals surface area contributed by atoms with Crippen LogP contribution in [-0.4, -0.2) is 24.1 Å². The Labute approximate surface area is 116 Å². The first-order valence-corrected chi connectivity index (χ1v) is 7.47. The van der Waals surface area contributed by atoms with Crippen LogP contribution in [0, 0.1) is 6.92 Å². The Balaban J connectivity index is 2.22. The fraction of sp³-hybridized carbons (Fsp3) is 0.333. The molecule has 20 heavy (non-hydrogen) atoms. The van der Waals surface area contributed by atoms with Crippen molar-refractivity contribution >= 4 is 15.9 Å². The monoisotopic (exact) mass is 297 g/mol. The highest BCUT2D eigenvalue weighted by molar-refractivity contribution is 7.90. The molecule has 1 amide bonds. The van der Waals surface area contributed by atoms with Crippen molar-refractivity contribution in [3.8, 4) is 0 Å². The van der Waals surface area contributed by atoms with Gasteiger partial charge in [-0.05, 0) is 18.6 Å². The molecule has 2 aromatic rings. The highest BCUT2D eigenvalue weighted by Gasteiger charge is 2.22. The van der Waals surface area contributed by atoms with Crippen LogP contribution in [0.2, 0.25) is 0 Å². The molecule has 2 heterocycles. The summed E-state index contributed by atoms with van der Waals surface area (Å²) >= 11 is 0. The van der Waals surface area contributed by atoms with Gasteiger partial charge < -0.3 is 4.42 Å². The Bertz CT molecular complexity index is 743. The molecule has 1 N–H and O–H groups in total. The number of sulfonamides is 1. The van der Waals surface area contributed by atoms with Crippen LogP contribution < -0.4 is 4.72 Å². The molecule has 0 aliphatic carbocycles. The summed E-state index contributed by atoms with van der Waals surface area (Å²) in [5.74, 6) is -0.155. The molecule has 0 aliphatic rings. The number of aromatic nitrogens is 2. The summed E-state index contributed by atoms with van der Waals surface area (Å²) in [6.07, 6.45) is 3.11. The first-order chi connectivity index (χ1) is 9.33. The average molecular weight is 297 g/mol. The third-order valence-corrected chi connectivity index (χ3v) is 4.07. The lowest BCUT2D eigenvalue weighted by atomic mass is 10.2. The van der Waals surface area contributed by atoms with Crippen LogP contribution in [0.3, 0.4) is 0 Å². The number of hydrogen-bond donors (Lipinski definition) is 1. The molecule has 0 aliphatic heterocycles. The number of carbonyl (C=O) groups excluding carboxylic acids is 1. The highest BCUT2D eigenvalue weighted by Crippen LogP contribution is 2.16. The zero-order chi connectivity index (χ0) is 14.9. The summed E-state index contributed by atoms with van der Waals surface area (Å²) in [5, 5.41) is 3.76. The Morgan fingerprint density at radius 2 is 2.20 bits per heavy atom. The number of carbonyl (C=O) groups is 1. The number of furan rings is 1. The van der Waals surface area contributed by atoms with E-state index in [0.717, 1.165) is 5.56 Å². The first kappa shape index (κ1) is 14.3. The molecule has 0 atom stereocenters. The molecule has 8 heteroatoms. The van der Waals surface area contributed by atoms with E-state index < -0.39 is 15.9 Å². The highest BCUT2D eigenvalue weighted by atomic mass is 32.2. The Morgan fingerprint density at radius 1 is 1.50 bits per heavy atom. The van der Waals surface area contributed by atoms with E-state index in [0.29, 0.717) is 12.2 Å². The van der Waals surface area contributed by atoms with Gasteiger partial charge in [-0.15, -0.1) is 0 Å². The molecule has 108 valence electrons. The quantitative estimate of drug-likeness (QED) is 0.908. The van der Waals surface area contributed by atoms with Crippen LogP contribution in [0.1, 0.15) is 28.8 Å². The van der Waals surface area contributed by atoms with Gasteiger partial charge in [0.15, 0.2) is 5.76 Å². The van der Waals surface area contributed by atoms with E-state index in [1.165, 1.54) is 23.1 Å². The standard InChI is InChI=1S/C12H15N3O4S/c1-4-10-8(2)5-11(19-10)12(16)14-20(17,18)9-6-13-15(3)7-9/h5-7H,4H2,1-3H3,(H,14,16). The van der Waals surface area contributed by atoms with Crippen LogP contribution in [-0.2, 0) is 23.5 Å². The lowest BCUT2D eigenvalue weighted by Gasteiger charge is -2.02. The minimum atomic E-state index is -3.94. The van der Waals surface area contributed by atoms with Gasteiger partial charge in [0.2, 0.25) is 0 Å². The number of nitrogens with one attached hydrogen (secondary N) is 1. The summed E-state index contributed by atoms with van der Waals surface area (Å²) < 4.78 is 32.5. The maximum absolute atomic E-state index is 12.0. The second-order valence-corrected chi connectivity index (χ2v) is 6.04. The molecule has 0 saturated heterocycles. The molecule has 0 aromatic carbocycles. The Kier molecular flexibility index (Phi) is 3.67. The molecule has 0 bridgehead atoms. The van der Waals surface area contributed by atoms with E-state index in [2.05, 4.69) is 5.10 Å². The van der Waals surface area contributed by atoms with E-state index in [4.69, 9.17) is 4.42 Å². The predicted octanol–water partition coefficient (Wildman–Crippen LogP) is 1.00. The van der Waals surface area contributed by atoms with Crippen molar-refractivity contribution in [2.75, 3.05) is 0 Å². The SMILES string of the molecule is CCc1oc(C(=O)NS(=O)(=O)c2cnn(C)c2)cc1C. The van der Waals surface area contributed by atoms with Gasteiger partial charge in [-0.2, -0.15) is 5.10 Å². The topological polar surface area (TPSA) is 94.2 Å². The van der Waals surface area contributed by atoms with E-state index >= 15 is 0 Å². The zero-order valence-corrected chi connectivity index (χ0v) is 12.2. The molecule has 0 spiro atoms. The van der Waals surface area contributed by atoms with Gasteiger partial charge in [-0.1, -0.05) is 6.92 Å². The van der Waals surface area contributed by atoms with Gasteiger partial charge in [0.25, 0.3) is 10.0 Å². The molecule has 0 fully saturated rings. The fourth-order valence-electron chi connectivity index (χ4n) is 1.75. The first-order valence-electron chi connectivity index (χ1n) is 5.98. The van der Waals surface area contributed by atoms with Crippen molar-refractivity contribution in [1.29, 1.82) is 0 Å². The van der Waals surface area contributed by atoms with Crippen LogP contribution >= 0.6 is 0 Å². The third kappa shape index (κ3) is 2.74. The Hall–Kier alpha value is -2.09. The number of rotatable bonds is 4. The van der Waals surface area contributed by atoms with Gasteiger partial charge in [0, 0.05) is 19.7 Å². The minimum Gasteiger partial charge on any atom is -0.456 e. The van der Waals surface area contributed by atoms with Crippen molar-refractivity contribution in [2.45, 2.75) is 25.2 Å². The van der Waals surface area contributed by atoms with E-state index in [1.54, 1.807) is 14.0 Å².